The summed E-state index contributed by atoms with van der Waals surface area (Å²) in [5.41, 5.74) is 3.30. The molecule has 10 heteroatoms. The van der Waals surface area contributed by atoms with E-state index in [1.807, 2.05) is 19.9 Å². The molecule has 3 aromatic rings. The van der Waals surface area contributed by atoms with Crippen molar-refractivity contribution in [1.29, 1.82) is 0 Å². The Labute approximate surface area is 178 Å². The predicted octanol–water partition coefficient (Wildman–Crippen LogP) is 1.98. The van der Waals surface area contributed by atoms with E-state index in [1.165, 1.54) is 0 Å². The number of aliphatic hydroxyl groups is 2. The molecule has 9 nitrogen and oxygen atoms in total. The molecular formula is C20H26N6O3S. The van der Waals surface area contributed by atoms with Gasteiger partial charge in [0.2, 0.25) is 5.95 Å². The lowest BCUT2D eigenvalue weighted by molar-refractivity contribution is -0.0259. The van der Waals surface area contributed by atoms with Crippen molar-refractivity contribution in [1.82, 2.24) is 19.9 Å². The third-order valence-corrected chi connectivity index (χ3v) is 6.65. The second-order valence-corrected chi connectivity index (χ2v) is 8.52. The van der Waals surface area contributed by atoms with E-state index in [2.05, 4.69) is 25.6 Å². The first-order valence-corrected chi connectivity index (χ1v) is 10.7. The smallest absolute Gasteiger partial charge is 0.224 e. The van der Waals surface area contributed by atoms with Crippen LogP contribution in [0.4, 0.5) is 11.8 Å². The van der Waals surface area contributed by atoms with Crippen molar-refractivity contribution in [3.63, 3.8) is 0 Å². The van der Waals surface area contributed by atoms with Crippen LogP contribution in [-0.2, 0) is 4.74 Å². The highest BCUT2D eigenvalue weighted by Crippen LogP contribution is 2.38. The van der Waals surface area contributed by atoms with Gasteiger partial charge in [-0.3, -0.25) is 4.98 Å². The van der Waals surface area contributed by atoms with Crippen molar-refractivity contribution in [3.05, 3.63) is 23.7 Å². The summed E-state index contributed by atoms with van der Waals surface area (Å²) in [6.07, 6.45) is 1.14. The Hall–Kier alpha value is -2.40. The van der Waals surface area contributed by atoms with E-state index >= 15 is 0 Å². The summed E-state index contributed by atoms with van der Waals surface area (Å²) in [6, 6.07) is 1.63. The number of aromatic nitrogens is 4. The normalized spacial score (nSPS) is 23.8. The first-order chi connectivity index (χ1) is 14.5. The van der Waals surface area contributed by atoms with Crippen LogP contribution in [0.5, 0.6) is 0 Å². The Morgan fingerprint density at radius 2 is 2.03 bits per heavy atom. The first-order valence-electron chi connectivity index (χ1n) is 9.84. The number of fused-ring (bicyclic) bond motifs is 1. The van der Waals surface area contributed by atoms with Crippen LogP contribution in [0.3, 0.4) is 0 Å². The maximum atomic E-state index is 10.7. The number of methoxy groups -OCH3 is 1. The maximum absolute atomic E-state index is 10.7. The monoisotopic (exact) mass is 430 g/mol. The Morgan fingerprint density at radius 3 is 2.67 bits per heavy atom. The summed E-state index contributed by atoms with van der Waals surface area (Å²) in [5, 5.41) is 27.6. The second kappa shape index (κ2) is 8.38. The molecule has 0 spiro atoms. The molecule has 30 heavy (non-hydrogen) atoms. The molecule has 0 aromatic carbocycles. The second-order valence-electron chi connectivity index (χ2n) is 7.49. The van der Waals surface area contributed by atoms with Gasteiger partial charge in [-0.25, -0.2) is 9.97 Å². The van der Waals surface area contributed by atoms with Gasteiger partial charge in [-0.1, -0.05) is 0 Å². The average Bonchev–Trinajstić information content (AvgIpc) is 3.29. The van der Waals surface area contributed by atoms with Crippen molar-refractivity contribution in [2.75, 3.05) is 31.4 Å². The van der Waals surface area contributed by atoms with Crippen molar-refractivity contribution in [2.45, 2.75) is 38.5 Å². The molecule has 1 fully saturated rings. The zero-order valence-electron chi connectivity index (χ0n) is 17.4. The molecule has 0 amide bonds. The van der Waals surface area contributed by atoms with Crippen LogP contribution in [-0.4, -0.2) is 69.2 Å². The summed E-state index contributed by atoms with van der Waals surface area (Å²) < 4.78 is 6.46. The quantitative estimate of drug-likeness (QED) is 0.464. The highest BCUT2D eigenvalue weighted by Gasteiger charge is 2.43. The molecule has 0 bridgehead atoms. The molecule has 160 valence electrons. The highest BCUT2D eigenvalue weighted by molar-refractivity contribution is 7.21. The number of thiazole rings is 1. The predicted molar refractivity (Wildman–Crippen MR) is 117 cm³/mol. The van der Waals surface area contributed by atoms with Gasteiger partial charge in [0.25, 0.3) is 0 Å². The Kier molecular flexibility index (Phi) is 5.83. The topological polar surface area (TPSA) is 125 Å². The van der Waals surface area contributed by atoms with Crippen molar-refractivity contribution >= 4 is 33.3 Å². The number of aryl methyl sites for hydroxylation is 2. The van der Waals surface area contributed by atoms with Crippen molar-refractivity contribution in [2.24, 2.45) is 5.92 Å². The summed E-state index contributed by atoms with van der Waals surface area (Å²) in [5.74, 6) is 0.926. The molecule has 0 unspecified atom stereocenters. The molecule has 4 N–H and O–H groups in total. The van der Waals surface area contributed by atoms with Crippen LogP contribution in [0.1, 0.15) is 17.8 Å². The van der Waals surface area contributed by atoms with Gasteiger partial charge in [-0.05, 0) is 26.3 Å². The van der Waals surface area contributed by atoms with Gasteiger partial charge in [0.1, 0.15) is 22.4 Å². The maximum Gasteiger partial charge on any atom is 0.224 e. The van der Waals surface area contributed by atoms with Gasteiger partial charge in [0.15, 0.2) is 0 Å². The van der Waals surface area contributed by atoms with E-state index in [0.29, 0.717) is 18.2 Å². The van der Waals surface area contributed by atoms with Crippen LogP contribution in [0.15, 0.2) is 12.3 Å². The van der Waals surface area contributed by atoms with Crippen LogP contribution in [0, 0.1) is 19.8 Å². The number of ether oxygens (including phenoxy) is 1. The highest BCUT2D eigenvalue weighted by atomic mass is 32.1. The van der Waals surface area contributed by atoms with E-state index in [1.54, 1.807) is 31.7 Å². The molecule has 1 aliphatic carbocycles. The van der Waals surface area contributed by atoms with Crippen LogP contribution < -0.4 is 10.6 Å². The van der Waals surface area contributed by atoms with Gasteiger partial charge in [0, 0.05) is 32.9 Å². The summed E-state index contributed by atoms with van der Waals surface area (Å²) in [4.78, 5) is 18.3. The van der Waals surface area contributed by atoms with E-state index < -0.39 is 12.2 Å². The molecule has 0 radical (unpaired) electrons. The third kappa shape index (κ3) is 3.60. The fourth-order valence-electron chi connectivity index (χ4n) is 4.07. The molecule has 3 aromatic heterocycles. The fourth-order valence-corrected chi connectivity index (χ4v) is 5.18. The average molecular weight is 431 g/mol. The number of hydrogen-bond acceptors (Lipinski definition) is 10. The van der Waals surface area contributed by atoms with E-state index in [9.17, 15) is 10.2 Å². The van der Waals surface area contributed by atoms with Gasteiger partial charge in [-0.15, -0.1) is 11.3 Å². The van der Waals surface area contributed by atoms with Crippen LogP contribution >= 0.6 is 11.3 Å². The molecule has 0 aliphatic heterocycles. The lowest BCUT2D eigenvalue weighted by Crippen LogP contribution is -2.37. The number of pyridine rings is 1. The van der Waals surface area contributed by atoms with Gasteiger partial charge < -0.3 is 25.6 Å². The van der Waals surface area contributed by atoms with E-state index in [4.69, 9.17) is 9.72 Å². The molecule has 1 saturated carbocycles. The minimum atomic E-state index is -0.768. The number of nitrogens with zero attached hydrogens (tertiary/aromatic N) is 4. The van der Waals surface area contributed by atoms with Gasteiger partial charge in [0.05, 0.1) is 33.8 Å². The molecule has 1 aliphatic rings. The SMILES string of the molecule is CNc1nc(C)c(-c2nc3c(C)nccc3s2)c(N[C@@H]2C[C@H](CO)[C@@H](OC)[C@H]2O)n1. The van der Waals surface area contributed by atoms with Crippen molar-refractivity contribution in [3.8, 4) is 10.6 Å². The lowest BCUT2D eigenvalue weighted by atomic mass is 10.1. The summed E-state index contributed by atoms with van der Waals surface area (Å²) in [7, 11) is 3.31. The number of nitrogens with one attached hydrogen (secondary N) is 2. The van der Waals surface area contributed by atoms with Crippen LogP contribution in [0.25, 0.3) is 20.8 Å². The fraction of sp³-hybridized carbons (Fsp3) is 0.500. The standard InChI is InChI=1S/C20H26N6O3S/c1-9-14(19-25-15-10(2)22-6-5-13(15)30-19)18(26-20(21-3)23-9)24-12-7-11(8-27)17(29-4)16(12)28/h5-6,11-12,16-17,27-28H,7-8H2,1-4H3,(H2,21,23,24,26)/t11-,12-,16+,17-/m1/s1. The van der Waals surface area contributed by atoms with Gasteiger partial charge >= 0.3 is 0 Å². The zero-order valence-corrected chi connectivity index (χ0v) is 18.2. The summed E-state index contributed by atoms with van der Waals surface area (Å²) in [6.45, 7) is 3.81. The third-order valence-electron chi connectivity index (χ3n) is 5.62. The Morgan fingerprint density at radius 1 is 1.23 bits per heavy atom. The lowest BCUT2D eigenvalue weighted by Gasteiger charge is -2.22. The summed E-state index contributed by atoms with van der Waals surface area (Å²) >= 11 is 1.56. The largest absolute Gasteiger partial charge is 0.396 e. The minimum absolute atomic E-state index is 0.0463. The van der Waals surface area contributed by atoms with E-state index in [0.717, 1.165) is 32.2 Å². The Balaban J connectivity index is 1.77. The van der Waals surface area contributed by atoms with Crippen LogP contribution in [0.2, 0.25) is 0 Å². The molecule has 4 atom stereocenters. The number of aliphatic hydroxyl groups excluding tert-OH is 2. The molecular weight excluding hydrogens is 404 g/mol. The number of rotatable bonds is 6. The first kappa shape index (κ1) is 20.9. The van der Waals surface area contributed by atoms with E-state index in [-0.39, 0.29) is 18.6 Å². The minimum Gasteiger partial charge on any atom is -0.396 e. The Bertz CT molecular complexity index is 1060. The molecule has 3 heterocycles. The molecule has 0 saturated heterocycles. The zero-order chi connectivity index (χ0) is 21.4. The number of anilines is 2. The van der Waals surface area contributed by atoms with Crippen molar-refractivity contribution < 1.29 is 14.9 Å². The molecule has 4 rings (SSSR count). The number of hydrogen-bond donors (Lipinski definition) is 4. The van der Waals surface area contributed by atoms with Gasteiger partial charge in [-0.2, -0.15) is 4.98 Å².